The first-order valence-corrected chi connectivity index (χ1v) is 7.26. The number of nitrogens with one attached hydrogen (secondary N) is 1. The maximum atomic E-state index is 13.9. The molecule has 0 atom stereocenters. The van der Waals surface area contributed by atoms with Crippen molar-refractivity contribution in [1.29, 1.82) is 0 Å². The smallest absolute Gasteiger partial charge is 0.313 e. The molecule has 1 heterocycles. The van der Waals surface area contributed by atoms with Crippen molar-refractivity contribution in [3.8, 4) is 10.4 Å². The second-order valence-electron chi connectivity index (χ2n) is 4.51. The van der Waals surface area contributed by atoms with Gasteiger partial charge in [-0.05, 0) is 24.6 Å². The largest absolute Gasteiger partial charge is 0.443 e. The van der Waals surface area contributed by atoms with E-state index in [0.29, 0.717) is 33.9 Å². The van der Waals surface area contributed by atoms with Crippen molar-refractivity contribution in [2.24, 2.45) is 0 Å². The highest BCUT2D eigenvalue weighted by atomic mass is 32.1. The zero-order chi connectivity index (χ0) is 15.5. The summed E-state index contributed by atoms with van der Waals surface area (Å²) in [7, 11) is 0. The minimum atomic E-state index is -4.47. The summed E-state index contributed by atoms with van der Waals surface area (Å²) in [6, 6.07) is 4.44. The van der Waals surface area contributed by atoms with Gasteiger partial charge in [-0.3, -0.25) is 0 Å². The van der Waals surface area contributed by atoms with Gasteiger partial charge in [-0.25, -0.2) is 9.37 Å². The summed E-state index contributed by atoms with van der Waals surface area (Å²) >= 11 is 0.511. The van der Waals surface area contributed by atoms with Crippen LogP contribution in [0.1, 0.15) is 23.9 Å². The van der Waals surface area contributed by atoms with Crippen molar-refractivity contribution >= 4 is 11.3 Å². The standard InChI is InChI=1S/C14H14F4N2S/c1-2-5-19-7-10-4-3-9(6-11(10)15)12-8-20-13(21-12)14(16,17)18/h3-4,6,8,19H,2,5,7H2,1H3. The molecule has 21 heavy (non-hydrogen) atoms. The molecule has 0 saturated carbocycles. The highest BCUT2D eigenvalue weighted by Crippen LogP contribution is 2.36. The van der Waals surface area contributed by atoms with Gasteiger partial charge in [0.2, 0.25) is 0 Å². The molecular formula is C14H14F4N2S. The van der Waals surface area contributed by atoms with Gasteiger partial charge in [0.25, 0.3) is 0 Å². The van der Waals surface area contributed by atoms with Crippen LogP contribution in [0.4, 0.5) is 17.6 Å². The predicted octanol–water partition coefficient (Wildman–Crippen LogP) is 4.47. The van der Waals surface area contributed by atoms with Gasteiger partial charge in [0, 0.05) is 18.3 Å². The summed E-state index contributed by atoms with van der Waals surface area (Å²) in [6.07, 6.45) is -2.40. The molecule has 1 N–H and O–H groups in total. The molecule has 0 bridgehead atoms. The average Bonchev–Trinajstić information content (AvgIpc) is 2.90. The van der Waals surface area contributed by atoms with Gasteiger partial charge < -0.3 is 5.32 Å². The van der Waals surface area contributed by atoms with Crippen molar-refractivity contribution in [2.45, 2.75) is 26.1 Å². The van der Waals surface area contributed by atoms with Crippen LogP contribution in [0.2, 0.25) is 0 Å². The second kappa shape index (κ2) is 6.53. The lowest BCUT2D eigenvalue weighted by Gasteiger charge is -2.06. The summed E-state index contributed by atoms with van der Waals surface area (Å²) in [5.41, 5.74) is 0.896. The SMILES string of the molecule is CCCNCc1ccc(-c2cnc(C(F)(F)F)s2)cc1F. The van der Waals surface area contributed by atoms with Crippen LogP contribution in [0.15, 0.2) is 24.4 Å². The summed E-state index contributed by atoms with van der Waals surface area (Å²) in [6.45, 7) is 3.19. The Kier molecular flexibility index (Phi) is 4.95. The Labute approximate surface area is 123 Å². The van der Waals surface area contributed by atoms with E-state index in [1.165, 1.54) is 6.07 Å². The monoisotopic (exact) mass is 318 g/mol. The lowest BCUT2D eigenvalue weighted by Crippen LogP contribution is -2.14. The Bertz CT molecular complexity index is 607. The maximum absolute atomic E-state index is 13.9. The van der Waals surface area contributed by atoms with Crippen molar-refractivity contribution in [3.63, 3.8) is 0 Å². The van der Waals surface area contributed by atoms with Crippen LogP contribution in [0.25, 0.3) is 10.4 Å². The van der Waals surface area contributed by atoms with E-state index in [9.17, 15) is 17.6 Å². The van der Waals surface area contributed by atoms with E-state index >= 15 is 0 Å². The minimum absolute atomic E-state index is 0.300. The normalized spacial score (nSPS) is 11.9. The number of thiazole rings is 1. The number of benzene rings is 1. The van der Waals surface area contributed by atoms with Crippen molar-refractivity contribution < 1.29 is 17.6 Å². The molecule has 2 rings (SSSR count). The van der Waals surface area contributed by atoms with Crippen LogP contribution in [0, 0.1) is 5.82 Å². The summed E-state index contributed by atoms with van der Waals surface area (Å²) in [4.78, 5) is 3.64. The van der Waals surface area contributed by atoms with E-state index < -0.39 is 17.0 Å². The molecule has 1 aromatic carbocycles. The Morgan fingerprint density at radius 2 is 2.05 bits per heavy atom. The Morgan fingerprint density at radius 1 is 1.29 bits per heavy atom. The first-order chi connectivity index (χ1) is 9.91. The number of halogens is 4. The van der Waals surface area contributed by atoms with E-state index in [0.717, 1.165) is 19.2 Å². The van der Waals surface area contributed by atoms with Crippen LogP contribution < -0.4 is 5.32 Å². The molecule has 0 unspecified atom stereocenters. The van der Waals surface area contributed by atoms with E-state index in [4.69, 9.17) is 0 Å². The van der Waals surface area contributed by atoms with E-state index in [1.54, 1.807) is 12.1 Å². The van der Waals surface area contributed by atoms with Crippen LogP contribution in [0.5, 0.6) is 0 Å². The van der Waals surface area contributed by atoms with Crippen LogP contribution in [0.3, 0.4) is 0 Å². The number of nitrogens with zero attached hydrogens (tertiary/aromatic N) is 1. The average molecular weight is 318 g/mol. The van der Waals surface area contributed by atoms with Crippen molar-refractivity contribution in [2.75, 3.05) is 6.54 Å². The van der Waals surface area contributed by atoms with Gasteiger partial charge in [0.1, 0.15) is 5.82 Å². The van der Waals surface area contributed by atoms with Crippen molar-refractivity contribution in [1.82, 2.24) is 10.3 Å². The molecule has 0 spiro atoms. The van der Waals surface area contributed by atoms with Crippen LogP contribution in [-0.4, -0.2) is 11.5 Å². The fourth-order valence-electron chi connectivity index (χ4n) is 1.78. The first kappa shape index (κ1) is 15.9. The molecule has 0 aliphatic carbocycles. The zero-order valence-corrected chi connectivity index (χ0v) is 12.1. The van der Waals surface area contributed by atoms with E-state index in [1.807, 2.05) is 6.92 Å². The molecule has 0 aliphatic heterocycles. The van der Waals surface area contributed by atoms with Crippen LogP contribution >= 0.6 is 11.3 Å². The molecule has 2 aromatic rings. The predicted molar refractivity (Wildman–Crippen MR) is 74.5 cm³/mol. The molecule has 0 fully saturated rings. The van der Waals surface area contributed by atoms with Gasteiger partial charge in [-0.2, -0.15) is 13.2 Å². The lowest BCUT2D eigenvalue weighted by molar-refractivity contribution is -0.137. The number of hydrogen-bond donors (Lipinski definition) is 1. The lowest BCUT2D eigenvalue weighted by atomic mass is 10.1. The topological polar surface area (TPSA) is 24.9 Å². The van der Waals surface area contributed by atoms with E-state index in [2.05, 4.69) is 10.3 Å². The molecule has 0 saturated heterocycles. The molecule has 0 radical (unpaired) electrons. The fraction of sp³-hybridized carbons (Fsp3) is 0.357. The number of hydrogen-bond acceptors (Lipinski definition) is 3. The molecule has 7 heteroatoms. The third-order valence-corrected chi connectivity index (χ3v) is 3.92. The first-order valence-electron chi connectivity index (χ1n) is 6.44. The molecule has 0 amide bonds. The summed E-state index contributed by atoms with van der Waals surface area (Å²) in [5.74, 6) is -0.432. The summed E-state index contributed by atoms with van der Waals surface area (Å²) < 4.78 is 51.4. The summed E-state index contributed by atoms with van der Waals surface area (Å²) in [5, 5.41) is 2.15. The van der Waals surface area contributed by atoms with Gasteiger partial charge in [0.15, 0.2) is 5.01 Å². The zero-order valence-electron chi connectivity index (χ0n) is 11.3. The van der Waals surface area contributed by atoms with Crippen molar-refractivity contribution in [3.05, 3.63) is 40.8 Å². The Hall–Kier alpha value is -1.47. The number of alkyl halides is 3. The molecule has 0 aliphatic rings. The molecular weight excluding hydrogens is 304 g/mol. The van der Waals surface area contributed by atoms with Gasteiger partial charge in [-0.1, -0.05) is 19.1 Å². The number of rotatable bonds is 5. The molecule has 114 valence electrons. The highest BCUT2D eigenvalue weighted by Gasteiger charge is 2.34. The quantitative estimate of drug-likeness (QED) is 0.650. The van der Waals surface area contributed by atoms with E-state index in [-0.39, 0.29) is 0 Å². The van der Waals surface area contributed by atoms with Gasteiger partial charge in [0.05, 0.1) is 4.88 Å². The Morgan fingerprint density at radius 3 is 2.62 bits per heavy atom. The van der Waals surface area contributed by atoms with Gasteiger partial charge >= 0.3 is 6.18 Å². The minimum Gasteiger partial charge on any atom is -0.313 e. The molecule has 2 nitrogen and oxygen atoms in total. The van der Waals surface area contributed by atoms with Gasteiger partial charge in [-0.15, -0.1) is 11.3 Å². The second-order valence-corrected chi connectivity index (χ2v) is 5.54. The highest BCUT2D eigenvalue weighted by molar-refractivity contribution is 7.15. The Balaban J connectivity index is 2.18. The molecule has 1 aromatic heterocycles. The third-order valence-electron chi connectivity index (χ3n) is 2.83. The maximum Gasteiger partial charge on any atom is 0.443 e. The number of aromatic nitrogens is 1. The third kappa shape index (κ3) is 4.01. The van der Waals surface area contributed by atoms with Crippen LogP contribution in [-0.2, 0) is 12.7 Å². The fourth-order valence-corrected chi connectivity index (χ4v) is 2.56.